The Morgan fingerprint density at radius 2 is 1.94 bits per heavy atom. The largest absolute Gasteiger partial charge is 0.478 e. The summed E-state index contributed by atoms with van der Waals surface area (Å²) < 4.78 is 15.8. The van der Waals surface area contributed by atoms with Gasteiger partial charge >= 0.3 is 5.97 Å². The fourth-order valence-electron chi connectivity index (χ4n) is 5.10. The highest BCUT2D eigenvalue weighted by atomic mass is 35.5. The fourth-order valence-corrected chi connectivity index (χ4v) is 5.29. The maximum atomic E-state index is 14.2. The van der Waals surface area contributed by atoms with E-state index in [0.717, 1.165) is 6.42 Å². The molecule has 8 nitrogen and oxygen atoms in total. The van der Waals surface area contributed by atoms with Gasteiger partial charge in [0, 0.05) is 35.3 Å². The Balaban J connectivity index is 1.37. The Morgan fingerprint density at radius 3 is 2.67 bits per heavy atom. The van der Waals surface area contributed by atoms with Gasteiger partial charge < -0.3 is 19.9 Å². The first-order chi connectivity index (χ1) is 17.2. The molecule has 1 aliphatic carbocycles. The summed E-state index contributed by atoms with van der Waals surface area (Å²) in [5.41, 5.74) is 1.13. The average molecular weight is 512 g/mol. The van der Waals surface area contributed by atoms with Crippen LogP contribution in [-0.4, -0.2) is 50.2 Å². The number of aromatic carboxylic acids is 1. The zero-order chi connectivity index (χ0) is 25.7. The van der Waals surface area contributed by atoms with Crippen LogP contribution in [0.1, 0.15) is 46.0 Å². The van der Waals surface area contributed by atoms with E-state index in [1.807, 2.05) is 0 Å². The van der Waals surface area contributed by atoms with E-state index >= 15 is 0 Å². The number of carbonyl (C=O) groups is 4. The molecule has 5 rings (SSSR count). The molecule has 0 spiro atoms. The summed E-state index contributed by atoms with van der Waals surface area (Å²) >= 11 is 5.82. The summed E-state index contributed by atoms with van der Waals surface area (Å²) in [6.45, 7) is 1.20. The van der Waals surface area contributed by atoms with Gasteiger partial charge in [0.25, 0.3) is 0 Å². The van der Waals surface area contributed by atoms with Gasteiger partial charge in [0.1, 0.15) is 18.4 Å². The minimum atomic E-state index is -1.12. The van der Waals surface area contributed by atoms with Crippen LogP contribution in [0, 0.1) is 11.7 Å². The molecule has 1 saturated carbocycles. The maximum absolute atomic E-state index is 14.2. The molecule has 2 fully saturated rings. The Kier molecular flexibility index (Phi) is 6.04. The number of carboxylic acid groups (broad SMARTS) is 1. The van der Waals surface area contributed by atoms with Gasteiger partial charge in [-0.1, -0.05) is 29.8 Å². The number of piperidine rings is 1. The second-order valence-corrected chi connectivity index (χ2v) is 9.72. The van der Waals surface area contributed by atoms with Gasteiger partial charge in [-0.15, -0.1) is 0 Å². The van der Waals surface area contributed by atoms with Gasteiger partial charge in [0.15, 0.2) is 5.78 Å². The van der Waals surface area contributed by atoms with E-state index in [1.54, 1.807) is 27.8 Å². The van der Waals surface area contributed by atoms with Gasteiger partial charge in [-0.3, -0.25) is 14.4 Å². The second kappa shape index (κ2) is 9.05. The number of carbonyl (C=O) groups excluding carboxylic acids is 3. The number of amides is 2. The molecule has 2 amide bonds. The zero-order valence-electron chi connectivity index (χ0n) is 19.3. The summed E-state index contributed by atoms with van der Waals surface area (Å²) in [7, 11) is 0. The number of Topliss-reactive ketones (excluding diaryl/α,β-unsaturated/α-hetero) is 1. The van der Waals surface area contributed by atoms with Crippen LogP contribution in [0.25, 0.3) is 10.9 Å². The average Bonchev–Trinajstić information content (AvgIpc) is 3.35. The Morgan fingerprint density at radius 1 is 1.17 bits per heavy atom. The van der Waals surface area contributed by atoms with Crippen LogP contribution in [0.5, 0.6) is 0 Å². The van der Waals surface area contributed by atoms with Gasteiger partial charge in [0.2, 0.25) is 11.8 Å². The molecule has 36 heavy (non-hydrogen) atoms. The van der Waals surface area contributed by atoms with Gasteiger partial charge in [0.05, 0.1) is 16.1 Å². The van der Waals surface area contributed by atoms with Gasteiger partial charge in [-0.2, -0.15) is 0 Å². The number of nitrogens with zero attached hydrogens (tertiary/aromatic N) is 2. The molecule has 3 atom stereocenters. The van der Waals surface area contributed by atoms with Crippen molar-refractivity contribution in [3.05, 3.63) is 70.1 Å². The number of benzene rings is 2. The fraction of sp³-hybridized carbons (Fsp3) is 0.308. The lowest BCUT2D eigenvalue weighted by Crippen LogP contribution is -2.48. The first kappa shape index (κ1) is 24.0. The highest BCUT2D eigenvalue weighted by molar-refractivity contribution is 6.30. The molecule has 1 aromatic heterocycles. The van der Waals surface area contributed by atoms with Crippen molar-refractivity contribution in [2.24, 2.45) is 5.92 Å². The molecular formula is C26H23ClFN3O5. The lowest BCUT2D eigenvalue weighted by atomic mass is 10.1. The normalized spacial score (nSPS) is 20.3. The molecule has 2 heterocycles. The van der Waals surface area contributed by atoms with Crippen LogP contribution in [0.3, 0.4) is 0 Å². The maximum Gasteiger partial charge on any atom is 0.335 e. The summed E-state index contributed by atoms with van der Waals surface area (Å²) in [5, 5.41) is 12.6. The highest BCUT2D eigenvalue weighted by Crippen LogP contribution is 2.48. The minimum Gasteiger partial charge on any atom is -0.478 e. The Hall–Kier alpha value is -3.72. The van der Waals surface area contributed by atoms with Crippen molar-refractivity contribution in [3.63, 3.8) is 0 Å². The quantitative estimate of drug-likeness (QED) is 0.471. The van der Waals surface area contributed by atoms with Crippen LogP contribution in [-0.2, 0) is 22.7 Å². The summed E-state index contributed by atoms with van der Waals surface area (Å²) in [6.07, 6.45) is 2.88. The topological polar surface area (TPSA) is 109 Å². The highest BCUT2D eigenvalue weighted by Gasteiger charge is 2.55. The third-order valence-corrected chi connectivity index (χ3v) is 7.29. The van der Waals surface area contributed by atoms with Gasteiger partial charge in [-0.25, -0.2) is 9.18 Å². The lowest BCUT2D eigenvalue weighted by Gasteiger charge is -2.27. The number of nitrogens with one attached hydrogen (secondary N) is 1. The van der Waals surface area contributed by atoms with Crippen molar-refractivity contribution < 1.29 is 28.7 Å². The van der Waals surface area contributed by atoms with Gasteiger partial charge in [-0.05, 0) is 43.9 Å². The van der Waals surface area contributed by atoms with Crippen LogP contribution in [0.15, 0.2) is 42.6 Å². The Bertz CT molecular complexity index is 1430. The number of aromatic nitrogens is 1. The van der Waals surface area contributed by atoms with Crippen LogP contribution in [0.2, 0.25) is 5.02 Å². The van der Waals surface area contributed by atoms with Crippen molar-refractivity contribution >= 4 is 46.1 Å². The predicted molar refractivity (Wildman–Crippen MR) is 129 cm³/mol. The molecule has 0 unspecified atom stereocenters. The molecule has 0 radical (unpaired) electrons. The van der Waals surface area contributed by atoms with E-state index in [4.69, 9.17) is 11.6 Å². The number of halogens is 2. The molecule has 2 aromatic carbocycles. The first-order valence-electron chi connectivity index (χ1n) is 11.5. The lowest BCUT2D eigenvalue weighted by molar-refractivity contribution is -0.140. The monoisotopic (exact) mass is 511 g/mol. The van der Waals surface area contributed by atoms with Crippen molar-refractivity contribution in [1.29, 1.82) is 0 Å². The van der Waals surface area contributed by atoms with Crippen molar-refractivity contribution in [3.8, 4) is 0 Å². The van der Waals surface area contributed by atoms with Crippen molar-refractivity contribution in [2.45, 2.75) is 44.9 Å². The van der Waals surface area contributed by atoms with E-state index < -0.39 is 17.8 Å². The van der Waals surface area contributed by atoms with E-state index in [0.29, 0.717) is 22.9 Å². The standard InChI is InChI=1S/C26H23ClFN3O5/c1-13(32)18-11-30(21-7-14(26(35)36)5-6-17(18)21)12-23(33)31-20-8-16(20)9-22(31)25(34)29-10-15-3-2-4-19(27)24(15)28/h2-7,11,16,20,22H,8-10,12H2,1H3,(H,29,34)(H,35,36)/t16-,20-,22+/m1/s1. The van der Waals surface area contributed by atoms with Crippen molar-refractivity contribution in [1.82, 2.24) is 14.8 Å². The van der Waals surface area contributed by atoms with E-state index in [2.05, 4.69) is 5.32 Å². The van der Waals surface area contributed by atoms with Crippen molar-refractivity contribution in [2.75, 3.05) is 0 Å². The third kappa shape index (κ3) is 4.24. The SMILES string of the molecule is CC(=O)c1cn(CC(=O)N2[C@@H]3C[C@@H]3C[C@H]2C(=O)NCc2cccc(Cl)c2F)c2cc(C(=O)O)ccc12. The number of rotatable bonds is 7. The number of carboxylic acids is 1. The molecule has 2 aliphatic rings. The molecular weight excluding hydrogens is 489 g/mol. The Labute approximate surface area is 210 Å². The number of hydrogen-bond acceptors (Lipinski definition) is 4. The summed E-state index contributed by atoms with van der Waals surface area (Å²) in [6, 6.07) is 8.24. The number of hydrogen-bond donors (Lipinski definition) is 2. The molecule has 186 valence electrons. The summed E-state index contributed by atoms with van der Waals surface area (Å²) in [5.74, 6) is -2.35. The molecule has 2 N–H and O–H groups in total. The number of fused-ring (bicyclic) bond motifs is 2. The zero-order valence-corrected chi connectivity index (χ0v) is 20.1. The van der Waals surface area contributed by atoms with Crippen LogP contribution < -0.4 is 5.32 Å². The predicted octanol–water partition coefficient (Wildman–Crippen LogP) is 3.64. The molecule has 10 heteroatoms. The number of likely N-dealkylation sites (tertiary alicyclic amines) is 1. The molecule has 3 aromatic rings. The summed E-state index contributed by atoms with van der Waals surface area (Å²) in [4.78, 5) is 51.6. The van der Waals surface area contributed by atoms with E-state index in [-0.39, 0.29) is 58.8 Å². The first-order valence-corrected chi connectivity index (χ1v) is 11.9. The molecule has 1 aliphatic heterocycles. The smallest absolute Gasteiger partial charge is 0.335 e. The molecule has 0 bridgehead atoms. The number of ketones is 1. The molecule has 1 saturated heterocycles. The van der Waals surface area contributed by atoms with Crippen LogP contribution in [0.4, 0.5) is 4.39 Å². The second-order valence-electron chi connectivity index (χ2n) is 9.31. The minimum absolute atomic E-state index is 0.0319. The van der Waals surface area contributed by atoms with Crippen LogP contribution >= 0.6 is 11.6 Å². The third-order valence-electron chi connectivity index (χ3n) is 6.99. The van der Waals surface area contributed by atoms with E-state index in [9.17, 15) is 28.7 Å². The van der Waals surface area contributed by atoms with E-state index in [1.165, 1.54) is 31.2 Å².